The molecule has 0 aromatic heterocycles. The lowest BCUT2D eigenvalue weighted by Gasteiger charge is -2.16. The summed E-state index contributed by atoms with van der Waals surface area (Å²) in [5, 5.41) is 0. The normalized spacial score (nSPS) is 13.0. The maximum atomic E-state index is 12.6. The lowest BCUT2D eigenvalue weighted by Crippen LogP contribution is -2.16. The Hall–Kier alpha value is -0.880. The minimum Gasteiger partial charge on any atom is -0.462 e. The van der Waals surface area contributed by atoms with Gasteiger partial charge in [0, 0.05) is 8.95 Å². The molecule has 0 saturated carbocycles. The van der Waals surface area contributed by atoms with Crippen molar-refractivity contribution in [3.63, 3.8) is 0 Å². The molecule has 0 fully saturated rings. The predicted octanol–water partition coefficient (Wildman–Crippen LogP) is 7.96. The standard InChI is InChI=1S/C24H36Br2O4/c1-5-9-11-17(7-3)15-29-23(27)19-13-22(26)20(14-21(19)25)24(28)30-16-18(8-4)12-10-6-2/h13-14,17-18H,5-12,15-16H2,1-4H3. The Morgan fingerprint density at radius 3 is 1.43 bits per heavy atom. The molecule has 1 rings (SSSR count). The first-order valence-corrected chi connectivity index (χ1v) is 12.8. The number of hydrogen-bond donors (Lipinski definition) is 0. The van der Waals surface area contributed by atoms with E-state index >= 15 is 0 Å². The van der Waals surface area contributed by atoms with Crippen LogP contribution in [0.1, 0.15) is 99.8 Å². The third kappa shape index (κ3) is 9.09. The van der Waals surface area contributed by atoms with Gasteiger partial charge < -0.3 is 9.47 Å². The van der Waals surface area contributed by atoms with Crippen molar-refractivity contribution in [2.45, 2.75) is 79.1 Å². The quantitative estimate of drug-likeness (QED) is 0.222. The number of benzene rings is 1. The Kier molecular flexibility index (Phi) is 13.6. The average molecular weight is 548 g/mol. The molecule has 0 radical (unpaired) electrons. The molecule has 0 aliphatic rings. The fraction of sp³-hybridized carbons (Fsp3) is 0.667. The van der Waals surface area contributed by atoms with E-state index < -0.39 is 0 Å². The molecule has 6 heteroatoms. The number of rotatable bonds is 14. The van der Waals surface area contributed by atoms with Crippen LogP contribution >= 0.6 is 31.9 Å². The van der Waals surface area contributed by atoms with Crippen molar-refractivity contribution in [3.05, 3.63) is 32.2 Å². The third-order valence-corrected chi connectivity index (χ3v) is 6.80. The highest BCUT2D eigenvalue weighted by Gasteiger charge is 2.21. The Balaban J connectivity index is 2.75. The van der Waals surface area contributed by atoms with Crippen molar-refractivity contribution in [2.75, 3.05) is 13.2 Å². The fourth-order valence-electron chi connectivity index (χ4n) is 3.20. The highest BCUT2D eigenvalue weighted by atomic mass is 79.9. The molecule has 1 aromatic rings. The van der Waals surface area contributed by atoms with Crippen LogP contribution in [0.15, 0.2) is 21.1 Å². The molecule has 0 aliphatic carbocycles. The topological polar surface area (TPSA) is 52.6 Å². The van der Waals surface area contributed by atoms with Gasteiger partial charge in [-0.1, -0.05) is 66.2 Å². The number of halogens is 2. The molecular weight excluding hydrogens is 512 g/mol. The summed E-state index contributed by atoms with van der Waals surface area (Å²) in [6.07, 6.45) is 8.65. The van der Waals surface area contributed by atoms with Crippen molar-refractivity contribution < 1.29 is 19.1 Å². The molecule has 0 saturated heterocycles. The molecule has 0 bridgehead atoms. The van der Waals surface area contributed by atoms with Crippen LogP contribution in [-0.2, 0) is 9.47 Å². The first-order valence-electron chi connectivity index (χ1n) is 11.2. The maximum absolute atomic E-state index is 12.6. The molecule has 0 amide bonds. The summed E-state index contributed by atoms with van der Waals surface area (Å²) >= 11 is 6.83. The van der Waals surface area contributed by atoms with Gasteiger partial charge in [0.15, 0.2) is 0 Å². The molecule has 0 N–H and O–H groups in total. The average Bonchev–Trinajstić information content (AvgIpc) is 2.74. The van der Waals surface area contributed by atoms with Gasteiger partial charge in [0.25, 0.3) is 0 Å². The molecule has 2 atom stereocenters. The van der Waals surface area contributed by atoms with Gasteiger partial charge in [-0.25, -0.2) is 9.59 Å². The van der Waals surface area contributed by atoms with Gasteiger partial charge in [0.1, 0.15) is 0 Å². The van der Waals surface area contributed by atoms with Crippen LogP contribution in [0.2, 0.25) is 0 Å². The van der Waals surface area contributed by atoms with E-state index in [0.29, 0.717) is 45.1 Å². The number of carbonyl (C=O) groups excluding carboxylic acids is 2. The molecule has 30 heavy (non-hydrogen) atoms. The SMILES string of the molecule is CCCCC(CC)COC(=O)c1cc(Br)c(C(=O)OCC(CC)CCCC)cc1Br. The number of carbonyl (C=O) groups is 2. The summed E-state index contributed by atoms with van der Waals surface area (Å²) in [6.45, 7) is 9.39. The summed E-state index contributed by atoms with van der Waals surface area (Å²) in [4.78, 5) is 25.1. The van der Waals surface area contributed by atoms with E-state index in [1.807, 2.05) is 0 Å². The van der Waals surface area contributed by atoms with Crippen molar-refractivity contribution >= 4 is 43.8 Å². The molecule has 0 spiro atoms. The second-order valence-corrected chi connectivity index (χ2v) is 9.55. The lowest BCUT2D eigenvalue weighted by molar-refractivity contribution is 0.0412. The van der Waals surface area contributed by atoms with E-state index in [0.717, 1.165) is 51.4 Å². The summed E-state index contributed by atoms with van der Waals surface area (Å²) in [6, 6.07) is 3.26. The largest absolute Gasteiger partial charge is 0.462 e. The minimum absolute atomic E-state index is 0.379. The molecular formula is C24H36Br2O4. The Labute approximate surface area is 198 Å². The Morgan fingerprint density at radius 2 is 1.13 bits per heavy atom. The van der Waals surface area contributed by atoms with Crippen LogP contribution in [0.25, 0.3) is 0 Å². The van der Waals surface area contributed by atoms with E-state index in [-0.39, 0.29) is 11.9 Å². The van der Waals surface area contributed by atoms with E-state index in [9.17, 15) is 9.59 Å². The smallest absolute Gasteiger partial charge is 0.339 e. The first kappa shape index (κ1) is 27.2. The molecule has 1 aromatic carbocycles. The van der Waals surface area contributed by atoms with Crippen molar-refractivity contribution in [1.29, 1.82) is 0 Å². The summed E-state index contributed by atoms with van der Waals surface area (Å²) in [5.74, 6) is -0.0136. The fourth-order valence-corrected chi connectivity index (χ4v) is 4.21. The molecule has 0 aliphatic heterocycles. The zero-order valence-corrected chi connectivity index (χ0v) is 21.9. The second kappa shape index (κ2) is 15.0. The van der Waals surface area contributed by atoms with Crippen LogP contribution in [0, 0.1) is 11.8 Å². The second-order valence-electron chi connectivity index (χ2n) is 7.84. The number of esters is 2. The molecule has 2 unspecified atom stereocenters. The molecule has 170 valence electrons. The lowest BCUT2D eigenvalue weighted by atomic mass is 10.0. The van der Waals surface area contributed by atoms with Gasteiger partial charge in [-0.2, -0.15) is 0 Å². The van der Waals surface area contributed by atoms with E-state index in [2.05, 4.69) is 59.6 Å². The first-order chi connectivity index (χ1) is 14.4. The van der Waals surface area contributed by atoms with Crippen LogP contribution in [0.4, 0.5) is 0 Å². The summed E-state index contributed by atoms with van der Waals surface area (Å²) in [7, 11) is 0. The Bertz CT molecular complexity index is 618. The zero-order chi connectivity index (χ0) is 22.5. The van der Waals surface area contributed by atoms with Gasteiger partial charge in [0.05, 0.1) is 24.3 Å². The highest BCUT2D eigenvalue weighted by Crippen LogP contribution is 2.28. The van der Waals surface area contributed by atoms with Gasteiger partial charge in [-0.05, 0) is 68.7 Å². The van der Waals surface area contributed by atoms with Crippen LogP contribution < -0.4 is 0 Å². The van der Waals surface area contributed by atoms with Gasteiger partial charge in [-0.3, -0.25) is 0 Å². The maximum Gasteiger partial charge on any atom is 0.339 e. The number of unbranched alkanes of at least 4 members (excludes halogenated alkanes) is 2. The van der Waals surface area contributed by atoms with E-state index in [1.165, 1.54) is 0 Å². The monoisotopic (exact) mass is 546 g/mol. The highest BCUT2D eigenvalue weighted by molar-refractivity contribution is 9.11. The van der Waals surface area contributed by atoms with Crippen LogP contribution in [0.3, 0.4) is 0 Å². The van der Waals surface area contributed by atoms with Crippen molar-refractivity contribution in [2.24, 2.45) is 11.8 Å². The van der Waals surface area contributed by atoms with E-state index in [4.69, 9.17) is 9.47 Å². The van der Waals surface area contributed by atoms with Crippen LogP contribution in [0.5, 0.6) is 0 Å². The van der Waals surface area contributed by atoms with Gasteiger partial charge in [-0.15, -0.1) is 0 Å². The van der Waals surface area contributed by atoms with Gasteiger partial charge in [0.2, 0.25) is 0 Å². The number of ether oxygens (including phenoxy) is 2. The zero-order valence-electron chi connectivity index (χ0n) is 18.8. The minimum atomic E-state index is -0.386. The number of hydrogen-bond acceptors (Lipinski definition) is 4. The Morgan fingerprint density at radius 1 is 0.767 bits per heavy atom. The summed E-state index contributed by atoms with van der Waals surface area (Å²) < 4.78 is 12.1. The van der Waals surface area contributed by atoms with Gasteiger partial charge >= 0.3 is 11.9 Å². The van der Waals surface area contributed by atoms with Crippen LogP contribution in [-0.4, -0.2) is 25.2 Å². The van der Waals surface area contributed by atoms with E-state index in [1.54, 1.807) is 12.1 Å². The van der Waals surface area contributed by atoms with Crippen molar-refractivity contribution in [3.8, 4) is 0 Å². The third-order valence-electron chi connectivity index (χ3n) is 5.48. The summed E-state index contributed by atoms with van der Waals surface area (Å²) in [5.41, 5.74) is 0.802. The molecule has 0 heterocycles. The van der Waals surface area contributed by atoms with Crippen molar-refractivity contribution in [1.82, 2.24) is 0 Å². The predicted molar refractivity (Wildman–Crippen MR) is 129 cm³/mol. The molecule has 4 nitrogen and oxygen atoms in total.